The molecular formula is C20H32F3N3O3. The molecule has 1 atom stereocenters. The topological polar surface area (TPSA) is 64.1 Å². The van der Waals surface area contributed by atoms with Gasteiger partial charge in [0.2, 0.25) is 0 Å². The van der Waals surface area contributed by atoms with Gasteiger partial charge >= 0.3 is 6.18 Å². The lowest BCUT2D eigenvalue weighted by atomic mass is 10.2. The fourth-order valence-corrected chi connectivity index (χ4v) is 2.42. The summed E-state index contributed by atoms with van der Waals surface area (Å²) < 4.78 is 54.5. The van der Waals surface area contributed by atoms with Crippen molar-refractivity contribution in [3.8, 4) is 5.75 Å². The monoisotopic (exact) mass is 419 g/mol. The van der Waals surface area contributed by atoms with Crippen molar-refractivity contribution in [3.05, 3.63) is 29.8 Å². The summed E-state index contributed by atoms with van der Waals surface area (Å²) in [5.74, 6) is 0.821. The summed E-state index contributed by atoms with van der Waals surface area (Å²) in [6, 6.07) is 4.92. The van der Waals surface area contributed by atoms with Gasteiger partial charge in [0.05, 0.1) is 25.3 Å². The molecule has 2 N–H and O–H groups in total. The number of unbranched alkanes of at least 4 members (excludes halogenated alkanes) is 1. The summed E-state index contributed by atoms with van der Waals surface area (Å²) >= 11 is 0. The van der Waals surface area contributed by atoms with E-state index < -0.39 is 11.7 Å². The van der Waals surface area contributed by atoms with E-state index in [9.17, 15) is 13.2 Å². The molecule has 1 aromatic carbocycles. The molecule has 0 heterocycles. The van der Waals surface area contributed by atoms with Crippen molar-refractivity contribution in [2.45, 2.75) is 38.5 Å². The van der Waals surface area contributed by atoms with E-state index in [1.807, 2.05) is 6.92 Å². The van der Waals surface area contributed by atoms with E-state index >= 15 is 0 Å². The number of rotatable bonds is 13. The first-order valence-electron chi connectivity index (χ1n) is 9.75. The molecule has 0 saturated carbocycles. The zero-order chi connectivity index (χ0) is 21.5. The highest BCUT2D eigenvalue weighted by Crippen LogP contribution is 2.31. The zero-order valence-electron chi connectivity index (χ0n) is 17.3. The Morgan fingerprint density at radius 3 is 2.59 bits per heavy atom. The van der Waals surface area contributed by atoms with E-state index in [2.05, 4.69) is 15.6 Å². The molecule has 0 aliphatic carbocycles. The van der Waals surface area contributed by atoms with Crippen molar-refractivity contribution < 1.29 is 27.4 Å². The maximum absolute atomic E-state index is 12.8. The van der Waals surface area contributed by atoms with Crippen LogP contribution in [0.1, 0.15) is 31.7 Å². The third-order valence-corrected chi connectivity index (χ3v) is 4.08. The fourth-order valence-electron chi connectivity index (χ4n) is 2.42. The number of nitrogens with one attached hydrogen (secondary N) is 2. The van der Waals surface area contributed by atoms with Crippen LogP contribution in [-0.2, 0) is 15.7 Å². The third kappa shape index (κ3) is 10.9. The predicted molar refractivity (Wildman–Crippen MR) is 107 cm³/mol. The molecule has 0 aliphatic heterocycles. The van der Waals surface area contributed by atoms with Crippen LogP contribution in [0.15, 0.2) is 29.3 Å². The Bertz CT molecular complexity index is 598. The molecule has 6 nitrogen and oxygen atoms in total. The Labute approximate surface area is 170 Å². The van der Waals surface area contributed by atoms with E-state index in [4.69, 9.17) is 14.2 Å². The van der Waals surface area contributed by atoms with Crippen molar-refractivity contribution in [2.75, 3.05) is 47.1 Å². The summed E-state index contributed by atoms with van der Waals surface area (Å²) in [5.41, 5.74) is -0.721. The molecule has 1 aromatic rings. The smallest absolute Gasteiger partial charge is 0.416 e. The van der Waals surface area contributed by atoms with Crippen LogP contribution >= 0.6 is 0 Å². The Morgan fingerprint density at radius 1 is 1.14 bits per heavy atom. The van der Waals surface area contributed by atoms with Gasteiger partial charge in [0.15, 0.2) is 5.96 Å². The first-order valence-corrected chi connectivity index (χ1v) is 9.75. The molecule has 0 aliphatic rings. The Balaban J connectivity index is 2.35. The summed E-state index contributed by atoms with van der Waals surface area (Å²) in [5, 5.41) is 6.35. The van der Waals surface area contributed by atoms with E-state index in [1.54, 1.807) is 14.2 Å². The number of aliphatic imine (C=N–C) groups is 1. The Kier molecular flexibility index (Phi) is 12.1. The lowest BCUT2D eigenvalue weighted by molar-refractivity contribution is -0.137. The highest BCUT2D eigenvalue weighted by molar-refractivity contribution is 5.79. The largest absolute Gasteiger partial charge is 0.489 e. The van der Waals surface area contributed by atoms with Gasteiger partial charge in [0.1, 0.15) is 11.9 Å². The molecule has 9 heteroatoms. The number of nitrogens with zero attached hydrogens (tertiary/aromatic N) is 1. The van der Waals surface area contributed by atoms with Crippen molar-refractivity contribution in [3.63, 3.8) is 0 Å². The summed E-state index contributed by atoms with van der Waals surface area (Å²) in [4.78, 5) is 4.15. The maximum atomic E-state index is 12.8. The van der Waals surface area contributed by atoms with Gasteiger partial charge in [0, 0.05) is 27.3 Å². The SMILES string of the molecule is CCC(CNC(=NC)NCCCCOCCOC)Oc1cccc(C(F)(F)F)c1. The van der Waals surface area contributed by atoms with Crippen LogP contribution in [0.25, 0.3) is 0 Å². The summed E-state index contributed by atoms with van der Waals surface area (Å²) in [6.07, 6.45) is -2.19. The molecule has 0 radical (unpaired) electrons. The van der Waals surface area contributed by atoms with Crippen LogP contribution in [0.4, 0.5) is 13.2 Å². The van der Waals surface area contributed by atoms with Crippen LogP contribution in [0.5, 0.6) is 5.75 Å². The second-order valence-electron chi connectivity index (χ2n) is 6.37. The molecule has 0 spiro atoms. The average Bonchev–Trinajstić information content (AvgIpc) is 2.70. The minimum Gasteiger partial charge on any atom is -0.489 e. The standard InChI is InChI=1S/C20H32F3N3O3/c1-4-17(29-18-9-7-8-16(14-18)20(21,22)23)15-26-19(24-2)25-10-5-6-11-28-13-12-27-3/h7-9,14,17H,4-6,10-13,15H2,1-3H3,(H2,24,25,26). The van der Waals surface area contributed by atoms with Gasteiger partial charge in [-0.05, 0) is 37.5 Å². The van der Waals surface area contributed by atoms with Crippen LogP contribution in [0.3, 0.4) is 0 Å². The van der Waals surface area contributed by atoms with E-state index in [-0.39, 0.29) is 11.9 Å². The maximum Gasteiger partial charge on any atom is 0.416 e. The Hall–Kier alpha value is -2.00. The number of guanidine groups is 1. The first kappa shape index (κ1) is 25.0. The summed E-state index contributed by atoms with van der Waals surface area (Å²) in [6.45, 7) is 4.94. The quantitative estimate of drug-likeness (QED) is 0.291. The average molecular weight is 419 g/mol. The highest BCUT2D eigenvalue weighted by Gasteiger charge is 2.30. The number of hydrogen-bond donors (Lipinski definition) is 2. The van der Waals surface area contributed by atoms with Gasteiger partial charge in [0.25, 0.3) is 0 Å². The number of halogens is 3. The van der Waals surface area contributed by atoms with Crippen LogP contribution in [-0.4, -0.2) is 59.1 Å². The zero-order valence-corrected chi connectivity index (χ0v) is 17.3. The highest BCUT2D eigenvalue weighted by atomic mass is 19.4. The lowest BCUT2D eigenvalue weighted by Crippen LogP contribution is -2.42. The normalized spacial score (nSPS) is 13.2. The number of alkyl halides is 3. The van der Waals surface area contributed by atoms with Gasteiger partial charge in [-0.15, -0.1) is 0 Å². The third-order valence-electron chi connectivity index (χ3n) is 4.08. The number of benzene rings is 1. The van der Waals surface area contributed by atoms with E-state index in [1.165, 1.54) is 12.1 Å². The fraction of sp³-hybridized carbons (Fsp3) is 0.650. The van der Waals surface area contributed by atoms with Crippen molar-refractivity contribution in [1.29, 1.82) is 0 Å². The van der Waals surface area contributed by atoms with Gasteiger partial charge in [-0.1, -0.05) is 13.0 Å². The minimum absolute atomic E-state index is 0.199. The second-order valence-corrected chi connectivity index (χ2v) is 6.37. The molecule has 1 rings (SSSR count). The van der Waals surface area contributed by atoms with Crippen molar-refractivity contribution in [1.82, 2.24) is 10.6 Å². The molecule has 0 bridgehead atoms. The predicted octanol–water partition coefficient (Wildman–Crippen LogP) is 3.47. The molecule has 29 heavy (non-hydrogen) atoms. The first-order chi connectivity index (χ1) is 13.9. The van der Waals surface area contributed by atoms with Gasteiger partial charge < -0.3 is 24.8 Å². The van der Waals surface area contributed by atoms with Crippen molar-refractivity contribution >= 4 is 5.96 Å². The van der Waals surface area contributed by atoms with Crippen LogP contribution < -0.4 is 15.4 Å². The molecule has 0 fully saturated rings. The molecular weight excluding hydrogens is 387 g/mol. The summed E-state index contributed by atoms with van der Waals surface area (Å²) in [7, 11) is 3.30. The van der Waals surface area contributed by atoms with Gasteiger partial charge in [-0.2, -0.15) is 13.2 Å². The van der Waals surface area contributed by atoms with Gasteiger partial charge in [-0.25, -0.2) is 0 Å². The Morgan fingerprint density at radius 2 is 1.93 bits per heavy atom. The molecule has 0 amide bonds. The van der Waals surface area contributed by atoms with Crippen LogP contribution in [0, 0.1) is 0 Å². The van der Waals surface area contributed by atoms with E-state index in [0.717, 1.165) is 31.5 Å². The van der Waals surface area contributed by atoms with Crippen LogP contribution in [0.2, 0.25) is 0 Å². The molecule has 1 unspecified atom stereocenters. The molecule has 0 saturated heterocycles. The number of ether oxygens (including phenoxy) is 3. The van der Waals surface area contributed by atoms with E-state index in [0.29, 0.717) is 38.7 Å². The number of methoxy groups -OCH3 is 1. The van der Waals surface area contributed by atoms with Gasteiger partial charge in [-0.3, -0.25) is 4.99 Å². The minimum atomic E-state index is -4.39. The van der Waals surface area contributed by atoms with Crippen molar-refractivity contribution in [2.24, 2.45) is 4.99 Å². The second kappa shape index (κ2) is 14.1. The lowest BCUT2D eigenvalue weighted by Gasteiger charge is -2.20. The number of hydrogen-bond acceptors (Lipinski definition) is 4. The molecule has 0 aromatic heterocycles. The molecule has 166 valence electrons.